The Hall–Kier alpha value is -1.67. The van der Waals surface area contributed by atoms with Crippen LogP contribution in [0.25, 0.3) is 0 Å². The molecule has 2 heterocycles. The van der Waals surface area contributed by atoms with E-state index in [1.165, 1.54) is 18.9 Å². The maximum Gasteiger partial charge on any atom is 0.333 e. The Bertz CT molecular complexity index is 1150. The second-order valence-electron chi connectivity index (χ2n) is 9.21. The number of anilines is 1. The number of hydrogen-bond acceptors (Lipinski definition) is 10. The number of thiophene rings is 1. The Labute approximate surface area is 213 Å². The molecule has 2 aromatic rings. The number of carbonyl (C=O) groups excluding carboxylic acids is 1. The highest BCUT2D eigenvalue weighted by atomic mass is 35.5. The van der Waals surface area contributed by atoms with Gasteiger partial charge in [0.1, 0.15) is 12.1 Å². The molecular weight excluding hydrogens is 516 g/mol. The molecule has 0 aromatic carbocycles. The highest BCUT2D eigenvalue weighted by Crippen LogP contribution is 2.41. The van der Waals surface area contributed by atoms with E-state index in [0.29, 0.717) is 33.4 Å². The molecule has 4 atom stereocenters. The molecule has 1 unspecified atom stereocenters. The van der Waals surface area contributed by atoms with Crippen LogP contribution in [0.3, 0.4) is 0 Å². The van der Waals surface area contributed by atoms with Crippen molar-refractivity contribution in [1.29, 1.82) is 0 Å². The molecule has 2 aliphatic rings. The average Bonchev–Trinajstić information content (AvgIpc) is 3.39. The van der Waals surface area contributed by atoms with Gasteiger partial charge in [0.25, 0.3) is 0 Å². The molecule has 35 heavy (non-hydrogen) atoms. The normalized spacial score (nSPS) is 24.4. The van der Waals surface area contributed by atoms with Crippen molar-refractivity contribution in [3.8, 4) is 0 Å². The van der Waals surface area contributed by atoms with Gasteiger partial charge in [0.05, 0.1) is 33.6 Å². The lowest BCUT2D eigenvalue weighted by Crippen LogP contribution is -2.24. The first-order valence-corrected chi connectivity index (χ1v) is 14.2. The van der Waals surface area contributed by atoms with E-state index in [-0.39, 0.29) is 29.9 Å². The summed E-state index contributed by atoms with van der Waals surface area (Å²) < 4.78 is 27.1. The standard InChI is InChI=1S/C22H29ClN4O6S2/c23-21-15(19(29)12-4-2-1-3-5-12)8-18(34-21)20(30)16-9-25-11-26-22(16)27-14-6-13(17(28)7-14)10-33-35(24,31)32/h8-9,11-14,17,19,28-29H,1-7,10H2,(H2,24,31,32)(H,25,26,27)/t13-,14-,17+,19?/m1/s1. The van der Waals surface area contributed by atoms with E-state index in [1.54, 1.807) is 6.07 Å². The molecule has 0 spiro atoms. The zero-order chi connectivity index (χ0) is 25.2. The summed E-state index contributed by atoms with van der Waals surface area (Å²) in [5.41, 5.74) is 0.817. The second kappa shape index (κ2) is 11.2. The highest BCUT2D eigenvalue weighted by Gasteiger charge is 2.35. The van der Waals surface area contributed by atoms with Gasteiger partial charge in [0, 0.05) is 23.7 Å². The van der Waals surface area contributed by atoms with Crippen molar-refractivity contribution < 1.29 is 27.6 Å². The molecule has 192 valence electrons. The summed E-state index contributed by atoms with van der Waals surface area (Å²) in [4.78, 5) is 21.9. The lowest BCUT2D eigenvalue weighted by Gasteiger charge is -2.26. The van der Waals surface area contributed by atoms with Gasteiger partial charge < -0.3 is 15.5 Å². The summed E-state index contributed by atoms with van der Waals surface area (Å²) in [5, 5.41) is 29.2. The maximum absolute atomic E-state index is 13.3. The van der Waals surface area contributed by atoms with Gasteiger partial charge in [-0.1, -0.05) is 30.9 Å². The molecule has 2 saturated carbocycles. The van der Waals surface area contributed by atoms with E-state index in [4.69, 9.17) is 16.7 Å². The van der Waals surface area contributed by atoms with Crippen molar-refractivity contribution in [3.05, 3.63) is 38.9 Å². The Morgan fingerprint density at radius 2 is 2.06 bits per heavy atom. The van der Waals surface area contributed by atoms with Gasteiger partial charge in [0.2, 0.25) is 5.78 Å². The molecular formula is C22H29ClN4O6S2. The van der Waals surface area contributed by atoms with Crippen LogP contribution in [-0.2, 0) is 14.5 Å². The van der Waals surface area contributed by atoms with Crippen LogP contribution in [-0.4, -0.2) is 53.1 Å². The van der Waals surface area contributed by atoms with E-state index in [2.05, 4.69) is 19.5 Å². The lowest BCUT2D eigenvalue weighted by molar-refractivity contribution is 0.0852. The number of ketones is 1. The fraction of sp³-hybridized carbons (Fsp3) is 0.591. The molecule has 4 rings (SSSR count). The molecule has 2 aliphatic carbocycles. The van der Waals surface area contributed by atoms with Gasteiger partial charge in [-0.05, 0) is 37.7 Å². The fourth-order valence-corrected chi connectivity index (χ4v) is 6.58. The first-order valence-electron chi connectivity index (χ1n) is 11.6. The number of aliphatic hydroxyl groups is 2. The fourth-order valence-electron chi connectivity index (χ4n) is 4.92. The van der Waals surface area contributed by atoms with Crippen molar-refractivity contribution in [2.75, 3.05) is 11.9 Å². The van der Waals surface area contributed by atoms with Crippen molar-refractivity contribution in [2.24, 2.45) is 17.0 Å². The Morgan fingerprint density at radius 3 is 2.77 bits per heavy atom. The number of aliphatic hydroxyl groups excluding tert-OH is 2. The predicted octanol–water partition coefficient (Wildman–Crippen LogP) is 2.81. The monoisotopic (exact) mass is 544 g/mol. The summed E-state index contributed by atoms with van der Waals surface area (Å²) in [7, 11) is -4.10. The van der Waals surface area contributed by atoms with Gasteiger partial charge >= 0.3 is 10.3 Å². The molecule has 0 saturated heterocycles. The first-order chi connectivity index (χ1) is 16.6. The van der Waals surface area contributed by atoms with Gasteiger partial charge in [-0.3, -0.25) is 8.98 Å². The van der Waals surface area contributed by atoms with Crippen LogP contribution < -0.4 is 10.5 Å². The summed E-state index contributed by atoms with van der Waals surface area (Å²) in [6.45, 7) is -0.229. The predicted molar refractivity (Wildman–Crippen MR) is 132 cm³/mol. The van der Waals surface area contributed by atoms with Gasteiger partial charge in [-0.2, -0.15) is 8.42 Å². The third kappa shape index (κ3) is 6.56. The number of halogens is 1. The van der Waals surface area contributed by atoms with E-state index < -0.39 is 28.4 Å². The molecule has 5 N–H and O–H groups in total. The van der Waals surface area contributed by atoms with Crippen molar-refractivity contribution in [3.63, 3.8) is 0 Å². The maximum atomic E-state index is 13.3. The number of nitrogens with one attached hydrogen (secondary N) is 1. The quantitative estimate of drug-likeness (QED) is 0.347. The Balaban J connectivity index is 1.47. The number of nitrogens with two attached hydrogens (primary N) is 1. The van der Waals surface area contributed by atoms with Crippen molar-refractivity contribution in [1.82, 2.24) is 9.97 Å². The third-order valence-electron chi connectivity index (χ3n) is 6.75. The van der Waals surface area contributed by atoms with Crippen molar-refractivity contribution in [2.45, 2.75) is 63.2 Å². The van der Waals surface area contributed by atoms with Crippen LogP contribution in [0.15, 0.2) is 18.6 Å². The van der Waals surface area contributed by atoms with Crippen LogP contribution in [0.5, 0.6) is 0 Å². The molecule has 0 bridgehead atoms. The minimum Gasteiger partial charge on any atom is -0.393 e. The number of rotatable bonds is 9. The minimum atomic E-state index is -4.10. The number of hydrogen-bond donors (Lipinski definition) is 4. The Kier molecular flexibility index (Phi) is 8.41. The zero-order valence-electron chi connectivity index (χ0n) is 19.0. The number of aromatic nitrogens is 2. The summed E-state index contributed by atoms with van der Waals surface area (Å²) >= 11 is 7.55. The molecule has 13 heteroatoms. The third-order valence-corrected chi connectivity index (χ3v) is 8.61. The molecule has 0 aliphatic heterocycles. The minimum absolute atomic E-state index is 0.135. The van der Waals surface area contributed by atoms with Crippen LogP contribution in [0, 0.1) is 11.8 Å². The van der Waals surface area contributed by atoms with Crippen LogP contribution >= 0.6 is 22.9 Å². The molecule has 2 aromatic heterocycles. The SMILES string of the molecule is NS(=O)(=O)OC[C@H]1C[C@@H](Nc2ncncc2C(=O)c2cc(C(O)C3CCCCC3)c(Cl)s2)C[C@@H]1O. The van der Waals surface area contributed by atoms with Gasteiger partial charge in [0.15, 0.2) is 0 Å². The van der Waals surface area contributed by atoms with E-state index >= 15 is 0 Å². The second-order valence-corrected chi connectivity index (χ2v) is 12.1. The van der Waals surface area contributed by atoms with E-state index in [0.717, 1.165) is 37.0 Å². The average molecular weight is 545 g/mol. The molecule has 2 fully saturated rings. The largest absolute Gasteiger partial charge is 0.393 e. The number of nitrogens with zero attached hydrogens (tertiary/aromatic N) is 2. The first kappa shape index (κ1) is 26.4. The summed E-state index contributed by atoms with van der Waals surface area (Å²) in [6, 6.07) is 1.39. The van der Waals surface area contributed by atoms with E-state index in [1.807, 2.05) is 0 Å². The lowest BCUT2D eigenvalue weighted by atomic mass is 9.83. The summed E-state index contributed by atoms with van der Waals surface area (Å²) in [5.74, 6) is -0.327. The number of carbonyl (C=O) groups is 1. The zero-order valence-corrected chi connectivity index (χ0v) is 21.4. The van der Waals surface area contributed by atoms with Gasteiger partial charge in [-0.25, -0.2) is 15.1 Å². The van der Waals surface area contributed by atoms with Crippen LogP contribution in [0.1, 0.15) is 71.8 Å². The Morgan fingerprint density at radius 1 is 1.31 bits per heavy atom. The van der Waals surface area contributed by atoms with Crippen LogP contribution in [0.4, 0.5) is 5.82 Å². The van der Waals surface area contributed by atoms with E-state index in [9.17, 15) is 23.4 Å². The molecule has 10 nitrogen and oxygen atoms in total. The molecule has 0 amide bonds. The van der Waals surface area contributed by atoms with Crippen LogP contribution in [0.2, 0.25) is 4.34 Å². The smallest absolute Gasteiger partial charge is 0.333 e. The van der Waals surface area contributed by atoms with Crippen molar-refractivity contribution >= 4 is 44.8 Å². The summed E-state index contributed by atoms with van der Waals surface area (Å²) in [6.07, 6.45) is 7.15. The molecule has 0 radical (unpaired) electrons. The van der Waals surface area contributed by atoms with Gasteiger partial charge in [-0.15, -0.1) is 11.3 Å². The topological polar surface area (TPSA) is 165 Å². The highest BCUT2D eigenvalue weighted by molar-refractivity contribution is 7.84.